The average Bonchev–Trinajstić information content (AvgIpc) is 2.26. The van der Waals surface area contributed by atoms with E-state index in [9.17, 15) is 22.4 Å². The Balaban J connectivity index is 3.28. The lowest BCUT2D eigenvalue weighted by Gasteiger charge is -2.19. The number of rotatable bonds is 6. The first-order valence-electron chi connectivity index (χ1n) is 5.16. The predicted octanol–water partition coefficient (Wildman–Crippen LogP) is -0.450. The molecule has 7 nitrogen and oxygen atoms in total. The Hall–Kier alpha value is -1.52. The lowest BCUT2D eigenvalue weighted by atomic mass is 10.3. The number of hydrogen-bond acceptors (Lipinski definition) is 4. The van der Waals surface area contributed by atoms with Crippen LogP contribution in [0.3, 0.4) is 0 Å². The lowest BCUT2D eigenvalue weighted by Crippen LogP contribution is -2.43. The fourth-order valence-corrected chi connectivity index (χ4v) is 3.15. The van der Waals surface area contributed by atoms with E-state index >= 15 is 0 Å². The summed E-state index contributed by atoms with van der Waals surface area (Å²) in [6.45, 7) is -1.55. The number of nitrogens with zero attached hydrogens (tertiary/aromatic N) is 1. The number of halogens is 2. The Morgan fingerprint density at radius 1 is 1.20 bits per heavy atom. The average molecular weight is 368 g/mol. The molecule has 10 heteroatoms. The van der Waals surface area contributed by atoms with Crippen LogP contribution in [0.25, 0.3) is 0 Å². The van der Waals surface area contributed by atoms with Crippen LogP contribution in [0.4, 0.5) is 4.39 Å². The van der Waals surface area contributed by atoms with Gasteiger partial charge in [-0.05, 0) is 18.2 Å². The van der Waals surface area contributed by atoms with Gasteiger partial charge in [-0.25, -0.2) is 12.8 Å². The molecular formula is C10H11BrFN3O4S. The summed E-state index contributed by atoms with van der Waals surface area (Å²) in [5, 5.41) is 0. The second kappa shape index (κ2) is 6.29. The zero-order valence-corrected chi connectivity index (χ0v) is 12.4. The van der Waals surface area contributed by atoms with E-state index in [-0.39, 0.29) is 0 Å². The molecule has 110 valence electrons. The van der Waals surface area contributed by atoms with Crippen molar-refractivity contribution in [1.29, 1.82) is 0 Å². The molecule has 0 heterocycles. The summed E-state index contributed by atoms with van der Waals surface area (Å²) in [4.78, 5) is 21.1. The third-order valence-electron chi connectivity index (χ3n) is 2.18. The topological polar surface area (TPSA) is 124 Å². The van der Waals surface area contributed by atoms with Crippen molar-refractivity contribution in [3.8, 4) is 0 Å². The third-order valence-corrected chi connectivity index (χ3v) is 4.49. The number of carbonyl (C=O) groups excluding carboxylic acids is 2. The maximum Gasteiger partial charge on any atom is 0.246 e. The zero-order chi connectivity index (χ0) is 15.5. The highest BCUT2D eigenvalue weighted by molar-refractivity contribution is 9.10. The van der Waals surface area contributed by atoms with E-state index in [2.05, 4.69) is 15.9 Å². The molecule has 0 radical (unpaired) electrons. The Bertz CT molecular complexity index is 634. The monoisotopic (exact) mass is 367 g/mol. The van der Waals surface area contributed by atoms with E-state index in [1.165, 1.54) is 6.07 Å². The van der Waals surface area contributed by atoms with Gasteiger partial charge in [0.05, 0.1) is 13.1 Å². The van der Waals surface area contributed by atoms with Gasteiger partial charge in [-0.15, -0.1) is 0 Å². The van der Waals surface area contributed by atoms with E-state index in [1.807, 2.05) is 0 Å². The van der Waals surface area contributed by atoms with Crippen molar-refractivity contribution in [2.24, 2.45) is 11.5 Å². The number of nitrogens with two attached hydrogens (primary N) is 2. The molecule has 0 unspecified atom stereocenters. The van der Waals surface area contributed by atoms with Crippen LogP contribution in [0.15, 0.2) is 27.6 Å². The number of sulfonamides is 1. The Morgan fingerprint density at radius 3 is 2.10 bits per heavy atom. The van der Waals surface area contributed by atoms with Crippen molar-refractivity contribution in [1.82, 2.24) is 4.31 Å². The molecule has 1 aromatic rings. The number of primary amides is 2. The zero-order valence-electron chi connectivity index (χ0n) is 10.0. The second-order valence-electron chi connectivity index (χ2n) is 3.78. The van der Waals surface area contributed by atoms with Crippen LogP contribution in [0, 0.1) is 5.82 Å². The standard InChI is InChI=1S/C10H11BrFN3O4S/c11-6-1-2-8(7(12)3-6)20(18,19)15(4-9(13)16)5-10(14)17/h1-3H,4-5H2,(H2,13,16)(H2,14,17). The number of carbonyl (C=O) groups is 2. The molecule has 0 aliphatic carbocycles. The van der Waals surface area contributed by atoms with Gasteiger partial charge in [0.2, 0.25) is 21.8 Å². The van der Waals surface area contributed by atoms with Crippen LogP contribution in [0.2, 0.25) is 0 Å². The summed E-state index contributed by atoms with van der Waals surface area (Å²) < 4.78 is 38.9. The minimum Gasteiger partial charge on any atom is -0.369 e. The maximum absolute atomic E-state index is 13.7. The Labute approximate surface area is 122 Å². The SMILES string of the molecule is NC(=O)CN(CC(N)=O)S(=O)(=O)c1ccc(Br)cc1F. The lowest BCUT2D eigenvalue weighted by molar-refractivity contribution is -0.120. The second-order valence-corrected chi connectivity index (χ2v) is 6.60. The quantitative estimate of drug-likeness (QED) is 0.706. The first-order valence-corrected chi connectivity index (χ1v) is 7.39. The van der Waals surface area contributed by atoms with E-state index in [4.69, 9.17) is 11.5 Å². The highest BCUT2D eigenvalue weighted by Crippen LogP contribution is 2.22. The molecule has 0 spiro atoms. The molecule has 0 aromatic heterocycles. The molecule has 20 heavy (non-hydrogen) atoms. The van der Waals surface area contributed by atoms with E-state index in [0.717, 1.165) is 12.1 Å². The van der Waals surface area contributed by atoms with E-state index < -0.39 is 45.6 Å². The van der Waals surface area contributed by atoms with Gasteiger partial charge in [-0.3, -0.25) is 9.59 Å². The number of benzene rings is 1. The van der Waals surface area contributed by atoms with Gasteiger partial charge in [-0.2, -0.15) is 4.31 Å². The molecule has 0 fully saturated rings. The summed E-state index contributed by atoms with van der Waals surface area (Å²) >= 11 is 2.98. The van der Waals surface area contributed by atoms with E-state index in [1.54, 1.807) is 0 Å². The minimum atomic E-state index is -4.40. The normalized spacial score (nSPS) is 11.6. The molecule has 2 amide bonds. The van der Waals surface area contributed by atoms with Crippen molar-refractivity contribution in [3.05, 3.63) is 28.5 Å². The molecule has 0 aliphatic rings. The fourth-order valence-electron chi connectivity index (χ4n) is 1.40. The molecule has 1 rings (SSSR count). The van der Waals surface area contributed by atoms with Crippen LogP contribution < -0.4 is 11.5 Å². The van der Waals surface area contributed by atoms with Gasteiger partial charge in [-0.1, -0.05) is 15.9 Å². The first kappa shape index (κ1) is 16.5. The molecular weight excluding hydrogens is 357 g/mol. The minimum absolute atomic E-state index is 0.338. The fraction of sp³-hybridized carbons (Fsp3) is 0.200. The smallest absolute Gasteiger partial charge is 0.246 e. The van der Waals surface area contributed by atoms with Crippen LogP contribution in [-0.4, -0.2) is 37.6 Å². The van der Waals surface area contributed by atoms with Gasteiger partial charge in [0.1, 0.15) is 10.7 Å². The highest BCUT2D eigenvalue weighted by Gasteiger charge is 2.29. The van der Waals surface area contributed by atoms with Gasteiger partial charge in [0, 0.05) is 4.47 Å². The van der Waals surface area contributed by atoms with Crippen LogP contribution in [0.1, 0.15) is 0 Å². The maximum atomic E-state index is 13.7. The molecule has 0 saturated heterocycles. The first-order chi connectivity index (χ1) is 9.14. The molecule has 0 atom stereocenters. The molecule has 0 aliphatic heterocycles. The van der Waals surface area contributed by atoms with Crippen molar-refractivity contribution in [2.45, 2.75) is 4.90 Å². The van der Waals surface area contributed by atoms with Crippen molar-refractivity contribution in [3.63, 3.8) is 0 Å². The molecule has 0 bridgehead atoms. The van der Waals surface area contributed by atoms with Crippen LogP contribution in [0.5, 0.6) is 0 Å². The Kier molecular flexibility index (Phi) is 5.20. The van der Waals surface area contributed by atoms with Crippen molar-refractivity contribution in [2.75, 3.05) is 13.1 Å². The Morgan fingerprint density at radius 2 is 1.70 bits per heavy atom. The predicted molar refractivity (Wildman–Crippen MR) is 71.2 cm³/mol. The summed E-state index contributed by atoms with van der Waals surface area (Å²) in [5.41, 5.74) is 9.82. The van der Waals surface area contributed by atoms with Crippen LogP contribution >= 0.6 is 15.9 Å². The largest absolute Gasteiger partial charge is 0.369 e. The summed E-state index contributed by atoms with van der Waals surface area (Å²) in [5.74, 6) is -3.02. The number of hydrogen-bond donors (Lipinski definition) is 2. The van der Waals surface area contributed by atoms with Gasteiger partial charge < -0.3 is 11.5 Å². The van der Waals surface area contributed by atoms with Gasteiger partial charge in [0.25, 0.3) is 0 Å². The summed E-state index contributed by atoms with van der Waals surface area (Å²) in [6.07, 6.45) is 0. The third kappa shape index (κ3) is 3.99. The van der Waals surface area contributed by atoms with Gasteiger partial charge >= 0.3 is 0 Å². The molecule has 4 N–H and O–H groups in total. The number of amides is 2. The molecule has 1 aromatic carbocycles. The van der Waals surface area contributed by atoms with Crippen LogP contribution in [-0.2, 0) is 19.6 Å². The summed E-state index contributed by atoms with van der Waals surface area (Å²) in [7, 11) is -4.40. The van der Waals surface area contributed by atoms with Crippen molar-refractivity contribution >= 4 is 37.8 Å². The highest BCUT2D eigenvalue weighted by atomic mass is 79.9. The summed E-state index contributed by atoms with van der Waals surface area (Å²) in [6, 6.07) is 3.26. The van der Waals surface area contributed by atoms with Crippen molar-refractivity contribution < 1.29 is 22.4 Å². The van der Waals surface area contributed by atoms with Gasteiger partial charge in [0.15, 0.2) is 0 Å². The van der Waals surface area contributed by atoms with E-state index in [0.29, 0.717) is 8.78 Å². The molecule has 0 saturated carbocycles.